The number of rotatable bonds is 4. The number of phenolic OH excluding ortho intramolecular Hbond substituents is 1. The Morgan fingerprint density at radius 3 is 2.83 bits per heavy atom. The molecule has 1 aliphatic heterocycles. The minimum absolute atomic E-state index is 0.0272. The SMILES string of the molecule is CC1CCCCC1NC(=NCc1ccc2c(c1)OCO2)Nc1cc(F)ccc1O. The van der Waals surface area contributed by atoms with Crippen LogP contribution < -0.4 is 20.1 Å². The van der Waals surface area contributed by atoms with Crippen LogP contribution in [0.25, 0.3) is 0 Å². The van der Waals surface area contributed by atoms with Gasteiger partial charge in [0.2, 0.25) is 6.79 Å². The van der Waals surface area contributed by atoms with E-state index in [0.717, 1.165) is 17.7 Å². The van der Waals surface area contributed by atoms with Crippen molar-refractivity contribution < 1.29 is 19.0 Å². The highest BCUT2D eigenvalue weighted by atomic mass is 19.1. The minimum atomic E-state index is -0.425. The Kier molecular flexibility index (Phi) is 5.74. The molecule has 1 fully saturated rings. The fourth-order valence-corrected chi connectivity index (χ4v) is 3.77. The Bertz CT molecular complexity index is 903. The molecule has 1 heterocycles. The number of halogens is 1. The van der Waals surface area contributed by atoms with Crippen LogP contribution in [0, 0.1) is 11.7 Å². The number of phenols is 1. The van der Waals surface area contributed by atoms with Crippen molar-refractivity contribution in [2.24, 2.45) is 10.9 Å². The van der Waals surface area contributed by atoms with Gasteiger partial charge in [-0.3, -0.25) is 0 Å². The molecule has 2 atom stereocenters. The highest BCUT2D eigenvalue weighted by molar-refractivity contribution is 5.95. The normalized spacial score (nSPS) is 21.1. The van der Waals surface area contributed by atoms with E-state index in [0.29, 0.717) is 24.2 Å². The summed E-state index contributed by atoms with van der Waals surface area (Å²) in [6.07, 6.45) is 4.63. The number of aliphatic imine (C=N–C) groups is 1. The summed E-state index contributed by atoms with van der Waals surface area (Å²) in [7, 11) is 0. The van der Waals surface area contributed by atoms with E-state index in [4.69, 9.17) is 9.47 Å². The molecule has 7 heteroatoms. The molecule has 1 saturated carbocycles. The number of benzene rings is 2. The fourth-order valence-electron chi connectivity index (χ4n) is 3.77. The maximum atomic E-state index is 13.7. The average Bonchev–Trinajstić information content (AvgIpc) is 3.18. The standard InChI is InChI=1S/C22H26FN3O3/c1-14-4-2-3-5-17(14)25-22(26-18-11-16(23)7-8-19(18)27)24-12-15-6-9-20-21(10-15)29-13-28-20/h6-11,14,17,27H,2-5,12-13H2,1H3,(H2,24,25,26). The maximum Gasteiger partial charge on any atom is 0.231 e. The van der Waals surface area contributed by atoms with Gasteiger partial charge in [0.1, 0.15) is 11.6 Å². The zero-order chi connectivity index (χ0) is 20.2. The summed E-state index contributed by atoms with van der Waals surface area (Å²) >= 11 is 0. The topological polar surface area (TPSA) is 75.1 Å². The first-order chi connectivity index (χ1) is 14.1. The van der Waals surface area contributed by atoms with Crippen LogP contribution in [0.15, 0.2) is 41.4 Å². The Labute approximate surface area is 169 Å². The number of ether oxygens (including phenoxy) is 2. The van der Waals surface area contributed by atoms with Gasteiger partial charge in [0.05, 0.1) is 12.2 Å². The summed E-state index contributed by atoms with van der Waals surface area (Å²) in [4.78, 5) is 4.68. The van der Waals surface area contributed by atoms with Crippen LogP contribution in [0.4, 0.5) is 10.1 Å². The van der Waals surface area contributed by atoms with Gasteiger partial charge in [0.25, 0.3) is 0 Å². The molecule has 29 heavy (non-hydrogen) atoms. The van der Waals surface area contributed by atoms with E-state index in [2.05, 4.69) is 22.5 Å². The number of guanidine groups is 1. The minimum Gasteiger partial charge on any atom is -0.506 e. The van der Waals surface area contributed by atoms with Crippen LogP contribution in [0.2, 0.25) is 0 Å². The molecule has 2 aromatic rings. The smallest absolute Gasteiger partial charge is 0.231 e. The van der Waals surface area contributed by atoms with Crippen molar-refractivity contribution in [2.75, 3.05) is 12.1 Å². The zero-order valence-corrected chi connectivity index (χ0v) is 16.5. The van der Waals surface area contributed by atoms with Crippen molar-refractivity contribution in [2.45, 2.75) is 45.2 Å². The van der Waals surface area contributed by atoms with Crippen molar-refractivity contribution >= 4 is 11.6 Å². The van der Waals surface area contributed by atoms with Crippen molar-refractivity contribution in [3.63, 3.8) is 0 Å². The number of anilines is 1. The third kappa shape index (κ3) is 4.72. The fraction of sp³-hybridized carbons (Fsp3) is 0.409. The van der Waals surface area contributed by atoms with Crippen LogP contribution in [-0.2, 0) is 6.54 Å². The summed E-state index contributed by atoms with van der Waals surface area (Å²) in [5.74, 6) is 2.02. The first-order valence-electron chi connectivity index (χ1n) is 10.0. The first-order valence-corrected chi connectivity index (χ1v) is 10.0. The second-order valence-corrected chi connectivity index (χ2v) is 7.65. The van der Waals surface area contributed by atoms with Crippen molar-refractivity contribution in [1.82, 2.24) is 5.32 Å². The molecule has 0 saturated heterocycles. The molecular weight excluding hydrogens is 373 g/mol. The average molecular weight is 399 g/mol. The van der Waals surface area contributed by atoms with Gasteiger partial charge in [-0.1, -0.05) is 25.8 Å². The first kappa shape index (κ1) is 19.4. The van der Waals surface area contributed by atoms with Crippen molar-refractivity contribution in [3.8, 4) is 17.2 Å². The molecule has 0 aromatic heterocycles. The number of hydrogen-bond acceptors (Lipinski definition) is 4. The zero-order valence-electron chi connectivity index (χ0n) is 16.5. The lowest BCUT2D eigenvalue weighted by molar-refractivity contribution is 0.174. The lowest BCUT2D eigenvalue weighted by Gasteiger charge is -2.31. The molecule has 3 N–H and O–H groups in total. The van der Waals surface area contributed by atoms with Crippen molar-refractivity contribution in [1.29, 1.82) is 0 Å². The molecule has 6 nitrogen and oxygen atoms in total. The Hall–Kier alpha value is -2.96. The van der Waals surface area contributed by atoms with Crippen LogP contribution in [0.5, 0.6) is 17.2 Å². The summed E-state index contributed by atoms with van der Waals surface area (Å²) in [6.45, 7) is 2.87. The van der Waals surface area contributed by atoms with E-state index in [1.807, 2.05) is 18.2 Å². The van der Waals surface area contributed by atoms with E-state index in [1.54, 1.807) is 0 Å². The molecule has 154 valence electrons. The molecule has 0 bridgehead atoms. The van der Waals surface area contributed by atoms with Gasteiger partial charge in [0, 0.05) is 12.1 Å². The largest absolute Gasteiger partial charge is 0.506 e. The van der Waals surface area contributed by atoms with Gasteiger partial charge in [0.15, 0.2) is 17.5 Å². The van der Waals surface area contributed by atoms with E-state index in [-0.39, 0.29) is 24.3 Å². The third-order valence-electron chi connectivity index (χ3n) is 5.50. The highest BCUT2D eigenvalue weighted by Gasteiger charge is 2.22. The summed E-state index contributed by atoms with van der Waals surface area (Å²) in [5, 5.41) is 16.6. The Morgan fingerprint density at radius 2 is 1.97 bits per heavy atom. The predicted octanol–water partition coefficient (Wildman–Crippen LogP) is 4.40. The molecular formula is C22H26FN3O3. The van der Waals surface area contributed by atoms with Crippen LogP contribution >= 0.6 is 0 Å². The molecule has 0 spiro atoms. The number of hydrogen-bond donors (Lipinski definition) is 3. The number of nitrogens with zero attached hydrogens (tertiary/aromatic N) is 1. The van der Waals surface area contributed by atoms with Crippen LogP contribution in [-0.4, -0.2) is 23.9 Å². The van der Waals surface area contributed by atoms with Crippen LogP contribution in [0.1, 0.15) is 38.2 Å². The number of fused-ring (bicyclic) bond motifs is 1. The lowest BCUT2D eigenvalue weighted by Crippen LogP contribution is -2.44. The van der Waals surface area contributed by atoms with E-state index >= 15 is 0 Å². The lowest BCUT2D eigenvalue weighted by atomic mass is 9.86. The van der Waals surface area contributed by atoms with Crippen molar-refractivity contribution in [3.05, 3.63) is 47.8 Å². The second kappa shape index (κ2) is 8.59. The molecule has 1 aliphatic carbocycles. The van der Waals surface area contributed by atoms with Gasteiger partial charge >= 0.3 is 0 Å². The summed E-state index contributed by atoms with van der Waals surface area (Å²) in [5.41, 5.74) is 1.25. The Morgan fingerprint density at radius 1 is 1.14 bits per heavy atom. The molecule has 2 unspecified atom stereocenters. The van der Waals surface area contributed by atoms with Gasteiger partial charge in [-0.15, -0.1) is 0 Å². The monoisotopic (exact) mass is 399 g/mol. The summed E-state index contributed by atoms with van der Waals surface area (Å²) < 4.78 is 24.4. The van der Waals surface area contributed by atoms with Gasteiger partial charge in [-0.2, -0.15) is 0 Å². The van der Waals surface area contributed by atoms with Gasteiger partial charge in [-0.05, 0) is 48.6 Å². The third-order valence-corrected chi connectivity index (χ3v) is 5.50. The van der Waals surface area contributed by atoms with Crippen LogP contribution in [0.3, 0.4) is 0 Å². The highest BCUT2D eigenvalue weighted by Crippen LogP contribution is 2.32. The van der Waals surface area contributed by atoms with Gasteiger partial charge < -0.3 is 25.2 Å². The van der Waals surface area contributed by atoms with Gasteiger partial charge in [-0.25, -0.2) is 9.38 Å². The molecule has 0 radical (unpaired) electrons. The quantitative estimate of drug-likeness (QED) is 0.404. The molecule has 2 aliphatic rings. The Balaban J connectivity index is 1.54. The predicted molar refractivity (Wildman–Crippen MR) is 110 cm³/mol. The molecule has 0 amide bonds. The number of aromatic hydroxyl groups is 1. The number of nitrogens with one attached hydrogen (secondary N) is 2. The second-order valence-electron chi connectivity index (χ2n) is 7.65. The molecule has 2 aromatic carbocycles. The van der Waals surface area contributed by atoms with E-state index in [9.17, 15) is 9.50 Å². The van der Waals surface area contributed by atoms with E-state index in [1.165, 1.54) is 37.5 Å². The summed E-state index contributed by atoms with van der Waals surface area (Å²) in [6, 6.07) is 9.82. The van der Waals surface area contributed by atoms with E-state index < -0.39 is 5.82 Å². The maximum absolute atomic E-state index is 13.7. The molecule has 4 rings (SSSR count).